The van der Waals surface area contributed by atoms with Gasteiger partial charge in [-0.15, -0.1) is 0 Å². The number of nitrogens with two attached hydrogens (primary N) is 1. The SMILES string of the molecule is Cc1ccc(S(=O)(=O)CC(CN)CS(=O)(=O)c2ccc(C)cc2)cc1. The maximum absolute atomic E-state index is 12.5. The summed E-state index contributed by atoms with van der Waals surface area (Å²) in [7, 11) is -7.19. The lowest BCUT2D eigenvalue weighted by Crippen LogP contribution is -2.30. The van der Waals surface area contributed by atoms with Crippen LogP contribution in [-0.2, 0) is 19.7 Å². The first-order valence-corrected chi connectivity index (χ1v) is 11.2. The number of aryl methyl sites for hydroxylation is 2. The zero-order chi connectivity index (χ0) is 18.7. The van der Waals surface area contributed by atoms with Gasteiger partial charge in [0.25, 0.3) is 0 Å². The summed E-state index contributed by atoms with van der Waals surface area (Å²) < 4.78 is 50.1. The third kappa shape index (κ3) is 5.14. The molecule has 0 aliphatic carbocycles. The predicted octanol–water partition coefficient (Wildman–Crippen LogP) is 2.13. The second-order valence-corrected chi connectivity index (χ2v) is 10.4. The van der Waals surface area contributed by atoms with E-state index in [-0.39, 0.29) is 27.8 Å². The highest BCUT2D eigenvalue weighted by atomic mass is 32.2. The van der Waals surface area contributed by atoms with Crippen LogP contribution in [0.2, 0.25) is 0 Å². The van der Waals surface area contributed by atoms with Crippen molar-refractivity contribution in [3.63, 3.8) is 0 Å². The Morgan fingerprint density at radius 3 is 1.32 bits per heavy atom. The van der Waals surface area contributed by atoms with Gasteiger partial charge in [0.15, 0.2) is 19.7 Å². The zero-order valence-corrected chi connectivity index (χ0v) is 16.0. The average Bonchev–Trinajstić information content (AvgIpc) is 2.54. The predicted molar refractivity (Wildman–Crippen MR) is 99.0 cm³/mol. The fourth-order valence-electron chi connectivity index (χ4n) is 2.49. The Balaban J connectivity index is 2.19. The van der Waals surface area contributed by atoms with E-state index in [1.807, 2.05) is 13.8 Å². The maximum atomic E-state index is 12.5. The first-order chi connectivity index (χ1) is 11.6. The number of hydrogen-bond donors (Lipinski definition) is 1. The molecule has 0 fully saturated rings. The fourth-order valence-corrected chi connectivity index (χ4v) is 5.87. The highest BCUT2D eigenvalue weighted by Crippen LogP contribution is 2.19. The molecule has 0 amide bonds. The molecule has 0 spiro atoms. The third-order valence-electron chi connectivity index (χ3n) is 4.00. The van der Waals surface area contributed by atoms with E-state index in [9.17, 15) is 16.8 Å². The van der Waals surface area contributed by atoms with Crippen LogP contribution < -0.4 is 5.73 Å². The van der Waals surface area contributed by atoms with Gasteiger partial charge >= 0.3 is 0 Å². The van der Waals surface area contributed by atoms with E-state index in [1.165, 1.54) is 24.3 Å². The van der Waals surface area contributed by atoms with E-state index < -0.39 is 25.6 Å². The summed E-state index contributed by atoms with van der Waals surface area (Å²) in [5.41, 5.74) is 7.57. The minimum absolute atomic E-state index is 0.0177. The number of benzene rings is 2. The van der Waals surface area contributed by atoms with Gasteiger partial charge < -0.3 is 5.73 Å². The minimum atomic E-state index is -3.59. The Morgan fingerprint density at radius 1 is 0.720 bits per heavy atom. The molecule has 25 heavy (non-hydrogen) atoms. The van der Waals surface area contributed by atoms with Crippen molar-refractivity contribution in [2.24, 2.45) is 11.7 Å². The molecular formula is C18H23NO4S2. The monoisotopic (exact) mass is 381 g/mol. The first-order valence-electron chi connectivity index (χ1n) is 7.93. The summed E-state index contributed by atoms with van der Waals surface area (Å²) in [6.45, 7) is 3.72. The second kappa shape index (κ2) is 7.68. The van der Waals surface area contributed by atoms with Gasteiger partial charge in [-0.25, -0.2) is 16.8 Å². The van der Waals surface area contributed by atoms with Crippen molar-refractivity contribution in [3.8, 4) is 0 Å². The lowest BCUT2D eigenvalue weighted by Gasteiger charge is -2.16. The summed E-state index contributed by atoms with van der Waals surface area (Å²) in [6, 6.07) is 13.0. The number of rotatable bonds is 7. The van der Waals surface area contributed by atoms with Gasteiger partial charge in [-0.05, 0) is 50.6 Å². The summed E-state index contributed by atoms with van der Waals surface area (Å²) in [5.74, 6) is -1.26. The van der Waals surface area contributed by atoms with Crippen LogP contribution in [0.3, 0.4) is 0 Å². The van der Waals surface area contributed by atoms with Gasteiger partial charge in [0.1, 0.15) is 0 Å². The molecule has 0 saturated heterocycles. The Kier molecular flexibility index (Phi) is 6.03. The van der Waals surface area contributed by atoms with E-state index in [4.69, 9.17) is 5.73 Å². The summed E-state index contributed by atoms with van der Waals surface area (Å²) >= 11 is 0. The summed E-state index contributed by atoms with van der Waals surface area (Å²) in [4.78, 5) is 0.369. The van der Waals surface area contributed by atoms with Crippen LogP contribution in [0.15, 0.2) is 58.3 Å². The summed E-state index contributed by atoms with van der Waals surface area (Å²) in [5, 5.41) is 0. The Bertz CT molecular complexity index is 839. The lowest BCUT2D eigenvalue weighted by atomic mass is 10.2. The Labute approximate surface area is 149 Å². The molecule has 0 saturated carbocycles. The van der Waals surface area contributed by atoms with E-state index in [2.05, 4.69) is 0 Å². The number of hydrogen-bond acceptors (Lipinski definition) is 5. The van der Waals surface area contributed by atoms with E-state index in [0.29, 0.717) is 0 Å². The smallest absolute Gasteiger partial charge is 0.178 e. The third-order valence-corrected chi connectivity index (χ3v) is 7.81. The molecule has 136 valence electrons. The largest absolute Gasteiger partial charge is 0.330 e. The van der Waals surface area contributed by atoms with Crippen LogP contribution in [0.25, 0.3) is 0 Å². The van der Waals surface area contributed by atoms with Gasteiger partial charge in [-0.1, -0.05) is 35.4 Å². The van der Waals surface area contributed by atoms with Crippen LogP contribution in [-0.4, -0.2) is 34.9 Å². The Morgan fingerprint density at radius 2 is 1.04 bits per heavy atom. The normalized spacial score (nSPS) is 12.5. The molecule has 5 nitrogen and oxygen atoms in total. The van der Waals surface area contributed by atoms with Crippen LogP contribution in [0.5, 0.6) is 0 Å². The molecule has 0 unspecified atom stereocenters. The van der Waals surface area contributed by atoms with Crippen LogP contribution in [0.1, 0.15) is 11.1 Å². The van der Waals surface area contributed by atoms with Gasteiger partial charge in [-0.3, -0.25) is 0 Å². The van der Waals surface area contributed by atoms with Crippen LogP contribution in [0.4, 0.5) is 0 Å². The molecule has 2 aromatic carbocycles. The van der Waals surface area contributed by atoms with E-state index in [1.54, 1.807) is 24.3 Å². The molecular weight excluding hydrogens is 358 g/mol. The van der Waals surface area contributed by atoms with Crippen molar-refractivity contribution in [2.45, 2.75) is 23.6 Å². The quantitative estimate of drug-likeness (QED) is 0.793. The van der Waals surface area contributed by atoms with E-state index in [0.717, 1.165) is 11.1 Å². The molecule has 0 aromatic heterocycles. The zero-order valence-electron chi connectivity index (χ0n) is 14.3. The average molecular weight is 382 g/mol. The molecule has 0 radical (unpaired) electrons. The topological polar surface area (TPSA) is 94.3 Å². The second-order valence-electron chi connectivity index (χ2n) is 6.29. The maximum Gasteiger partial charge on any atom is 0.178 e. The standard InChI is InChI=1S/C18H23NO4S2/c1-14-3-7-17(8-4-14)24(20,21)12-16(11-19)13-25(22,23)18-9-5-15(2)6-10-18/h3-10,16H,11-13,19H2,1-2H3. The summed E-state index contributed by atoms with van der Waals surface area (Å²) in [6.07, 6.45) is 0. The van der Waals surface area contributed by atoms with Gasteiger partial charge in [0.2, 0.25) is 0 Å². The minimum Gasteiger partial charge on any atom is -0.330 e. The van der Waals surface area contributed by atoms with Crippen LogP contribution in [0, 0.1) is 19.8 Å². The molecule has 2 N–H and O–H groups in total. The first kappa shape index (κ1) is 19.6. The van der Waals surface area contributed by atoms with Crippen LogP contribution >= 0.6 is 0 Å². The van der Waals surface area contributed by atoms with Crippen molar-refractivity contribution in [1.29, 1.82) is 0 Å². The van der Waals surface area contributed by atoms with E-state index >= 15 is 0 Å². The molecule has 0 aliphatic heterocycles. The van der Waals surface area contributed by atoms with Crippen molar-refractivity contribution >= 4 is 19.7 Å². The molecule has 2 rings (SSSR count). The highest BCUT2D eigenvalue weighted by molar-refractivity contribution is 7.92. The molecule has 2 aromatic rings. The molecule has 0 bridgehead atoms. The van der Waals surface area contributed by atoms with Crippen molar-refractivity contribution in [2.75, 3.05) is 18.1 Å². The Hall–Kier alpha value is -1.70. The van der Waals surface area contributed by atoms with Gasteiger partial charge in [0.05, 0.1) is 21.3 Å². The van der Waals surface area contributed by atoms with Crippen molar-refractivity contribution in [1.82, 2.24) is 0 Å². The van der Waals surface area contributed by atoms with Gasteiger partial charge in [-0.2, -0.15) is 0 Å². The van der Waals surface area contributed by atoms with Crippen molar-refractivity contribution in [3.05, 3.63) is 59.7 Å². The van der Waals surface area contributed by atoms with Gasteiger partial charge in [0, 0.05) is 0 Å². The number of sulfone groups is 2. The lowest BCUT2D eigenvalue weighted by molar-refractivity contribution is 0.559. The fraction of sp³-hybridized carbons (Fsp3) is 0.333. The highest BCUT2D eigenvalue weighted by Gasteiger charge is 2.26. The molecule has 7 heteroatoms. The molecule has 0 heterocycles. The van der Waals surface area contributed by atoms with Crippen molar-refractivity contribution < 1.29 is 16.8 Å². The molecule has 0 atom stereocenters. The molecule has 0 aliphatic rings.